The predicted octanol–water partition coefficient (Wildman–Crippen LogP) is 2.54. The van der Waals surface area contributed by atoms with E-state index in [1.165, 1.54) is 0 Å². The Kier molecular flexibility index (Phi) is 2.28. The Balaban J connectivity index is 2.34. The number of fused-ring (bicyclic) bond motifs is 2. The van der Waals surface area contributed by atoms with Crippen molar-refractivity contribution in [1.29, 1.82) is 0 Å². The van der Waals surface area contributed by atoms with Crippen molar-refractivity contribution < 1.29 is 9.63 Å². The summed E-state index contributed by atoms with van der Waals surface area (Å²) >= 11 is 0. The first-order chi connectivity index (χ1) is 8.74. The Bertz CT molecular complexity index is 674. The summed E-state index contributed by atoms with van der Waals surface area (Å²) in [6, 6.07) is 12.7. The fraction of sp³-hybridized carbons (Fsp3) is 0. The minimum Gasteiger partial charge on any atom is -0.411 e. The van der Waals surface area contributed by atoms with Crippen LogP contribution in [0.4, 0.5) is 0 Å². The summed E-state index contributed by atoms with van der Waals surface area (Å²) in [6.07, 6.45) is 0. The smallest absolute Gasteiger partial charge is 0.194 e. The largest absolute Gasteiger partial charge is 0.411 e. The summed E-state index contributed by atoms with van der Waals surface area (Å²) in [5.74, 6) is 5.70. The molecule has 0 saturated carbocycles. The number of rotatable bonds is 1. The SMILES string of the molecule is C=C1c2ccccc2C(=O)c2cccc(ON)c21. The van der Waals surface area contributed by atoms with E-state index in [0.717, 1.165) is 11.1 Å². The topological polar surface area (TPSA) is 52.3 Å². The molecular formula is C15H11NO2. The molecule has 0 saturated heterocycles. The molecule has 0 amide bonds. The minimum atomic E-state index is -0.0214. The number of hydrogen-bond acceptors (Lipinski definition) is 3. The molecule has 0 heterocycles. The van der Waals surface area contributed by atoms with E-state index in [0.29, 0.717) is 22.4 Å². The highest BCUT2D eigenvalue weighted by atomic mass is 16.6. The molecule has 2 N–H and O–H groups in total. The van der Waals surface area contributed by atoms with Crippen LogP contribution in [0.3, 0.4) is 0 Å². The molecule has 0 aromatic heterocycles. The van der Waals surface area contributed by atoms with Gasteiger partial charge in [-0.2, -0.15) is 5.90 Å². The van der Waals surface area contributed by atoms with Gasteiger partial charge in [-0.25, -0.2) is 0 Å². The Morgan fingerprint density at radius 2 is 1.61 bits per heavy atom. The van der Waals surface area contributed by atoms with Crippen LogP contribution in [0.25, 0.3) is 5.57 Å². The third-order valence-electron chi connectivity index (χ3n) is 3.20. The van der Waals surface area contributed by atoms with Crippen LogP contribution in [0.15, 0.2) is 49.0 Å². The summed E-state index contributed by atoms with van der Waals surface area (Å²) in [6.45, 7) is 4.05. The lowest BCUT2D eigenvalue weighted by Gasteiger charge is -2.22. The van der Waals surface area contributed by atoms with E-state index in [-0.39, 0.29) is 5.78 Å². The maximum Gasteiger partial charge on any atom is 0.194 e. The van der Waals surface area contributed by atoms with Gasteiger partial charge in [0, 0.05) is 16.7 Å². The number of carbonyl (C=O) groups is 1. The van der Waals surface area contributed by atoms with Crippen molar-refractivity contribution in [3.05, 3.63) is 71.3 Å². The molecular weight excluding hydrogens is 226 g/mol. The van der Waals surface area contributed by atoms with Crippen molar-refractivity contribution in [1.82, 2.24) is 0 Å². The van der Waals surface area contributed by atoms with Gasteiger partial charge in [0.2, 0.25) is 0 Å². The Morgan fingerprint density at radius 3 is 2.33 bits per heavy atom. The van der Waals surface area contributed by atoms with Crippen LogP contribution in [0.5, 0.6) is 5.75 Å². The van der Waals surface area contributed by atoms with Crippen LogP contribution in [0.1, 0.15) is 27.0 Å². The first kappa shape index (κ1) is 10.7. The van der Waals surface area contributed by atoms with Crippen LogP contribution in [0.2, 0.25) is 0 Å². The van der Waals surface area contributed by atoms with E-state index in [4.69, 9.17) is 10.7 Å². The highest BCUT2D eigenvalue weighted by Gasteiger charge is 2.27. The molecule has 88 valence electrons. The fourth-order valence-corrected chi connectivity index (χ4v) is 2.35. The number of hydrogen-bond donors (Lipinski definition) is 1. The zero-order valence-corrected chi connectivity index (χ0v) is 9.64. The van der Waals surface area contributed by atoms with Crippen molar-refractivity contribution >= 4 is 11.4 Å². The van der Waals surface area contributed by atoms with E-state index in [1.807, 2.05) is 24.3 Å². The molecule has 3 rings (SSSR count). The molecule has 1 aliphatic rings. The molecule has 0 atom stereocenters. The molecule has 3 heteroatoms. The van der Waals surface area contributed by atoms with Gasteiger partial charge < -0.3 is 4.84 Å². The van der Waals surface area contributed by atoms with Gasteiger partial charge in [-0.3, -0.25) is 4.79 Å². The van der Waals surface area contributed by atoms with Crippen molar-refractivity contribution in [2.75, 3.05) is 0 Å². The van der Waals surface area contributed by atoms with Crippen LogP contribution in [-0.4, -0.2) is 5.78 Å². The molecule has 0 spiro atoms. The number of carbonyl (C=O) groups excluding carboxylic acids is 1. The molecule has 0 unspecified atom stereocenters. The lowest BCUT2D eigenvalue weighted by molar-refractivity contribution is 0.103. The van der Waals surface area contributed by atoms with Gasteiger partial charge in [0.25, 0.3) is 0 Å². The van der Waals surface area contributed by atoms with Gasteiger partial charge in [0.15, 0.2) is 11.5 Å². The van der Waals surface area contributed by atoms with Crippen LogP contribution in [-0.2, 0) is 0 Å². The molecule has 18 heavy (non-hydrogen) atoms. The van der Waals surface area contributed by atoms with Crippen molar-refractivity contribution in [2.24, 2.45) is 5.90 Å². The summed E-state index contributed by atoms with van der Waals surface area (Å²) in [4.78, 5) is 17.2. The molecule has 0 aliphatic heterocycles. The molecule has 2 aromatic carbocycles. The van der Waals surface area contributed by atoms with Gasteiger partial charge >= 0.3 is 0 Å². The van der Waals surface area contributed by atoms with Crippen molar-refractivity contribution in [3.8, 4) is 5.75 Å². The lowest BCUT2D eigenvalue weighted by Crippen LogP contribution is -2.16. The second-order valence-electron chi connectivity index (χ2n) is 4.15. The second kappa shape index (κ2) is 3.82. The van der Waals surface area contributed by atoms with Gasteiger partial charge in [-0.1, -0.05) is 43.0 Å². The third-order valence-corrected chi connectivity index (χ3v) is 3.20. The Labute approximate surface area is 104 Å². The summed E-state index contributed by atoms with van der Waals surface area (Å²) in [5.41, 5.74) is 3.54. The van der Waals surface area contributed by atoms with Gasteiger partial charge in [0.05, 0.1) is 0 Å². The third kappa shape index (κ3) is 1.31. The fourth-order valence-electron chi connectivity index (χ4n) is 2.35. The van der Waals surface area contributed by atoms with E-state index < -0.39 is 0 Å². The predicted molar refractivity (Wildman–Crippen MR) is 69.3 cm³/mol. The van der Waals surface area contributed by atoms with Crippen LogP contribution in [0, 0.1) is 0 Å². The van der Waals surface area contributed by atoms with E-state index in [9.17, 15) is 4.79 Å². The molecule has 0 bridgehead atoms. The first-order valence-corrected chi connectivity index (χ1v) is 5.57. The summed E-state index contributed by atoms with van der Waals surface area (Å²) in [7, 11) is 0. The Morgan fingerprint density at radius 1 is 0.944 bits per heavy atom. The second-order valence-corrected chi connectivity index (χ2v) is 4.15. The average molecular weight is 237 g/mol. The van der Waals surface area contributed by atoms with E-state index in [2.05, 4.69) is 6.58 Å². The number of benzene rings is 2. The van der Waals surface area contributed by atoms with Crippen LogP contribution >= 0.6 is 0 Å². The summed E-state index contributed by atoms with van der Waals surface area (Å²) in [5, 5.41) is 0. The van der Waals surface area contributed by atoms with E-state index in [1.54, 1.807) is 18.2 Å². The van der Waals surface area contributed by atoms with E-state index >= 15 is 0 Å². The highest BCUT2D eigenvalue weighted by Crippen LogP contribution is 2.39. The quantitative estimate of drug-likeness (QED) is 0.662. The normalized spacial score (nSPS) is 12.9. The van der Waals surface area contributed by atoms with Gasteiger partial charge in [-0.15, -0.1) is 0 Å². The Hall–Kier alpha value is -2.39. The van der Waals surface area contributed by atoms with Gasteiger partial charge in [-0.05, 0) is 17.2 Å². The zero-order chi connectivity index (χ0) is 12.7. The zero-order valence-electron chi connectivity index (χ0n) is 9.64. The minimum absolute atomic E-state index is 0.0214. The molecule has 0 radical (unpaired) electrons. The van der Waals surface area contributed by atoms with Crippen molar-refractivity contribution in [3.63, 3.8) is 0 Å². The summed E-state index contributed by atoms with van der Waals surface area (Å²) < 4.78 is 0. The number of nitrogens with two attached hydrogens (primary N) is 1. The maximum absolute atomic E-state index is 12.4. The molecule has 2 aromatic rings. The standard InChI is InChI=1S/C15H11NO2/c1-9-10-5-2-3-6-11(10)15(17)12-7-4-8-13(18-16)14(9)12/h2-8H,1,16H2. The molecule has 1 aliphatic carbocycles. The molecule has 3 nitrogen and oxygen atoms in total. The monoisotopic (exact) mass is 237 g/mol. The lowest BCUT2D eigenvalue weighted by atomic mass is 9.82. The highest BCUT2D eigenvalue weighted by molar-refractivity contribution is 6.19. The number of ketones is 1. The average Bonchev–Trinajstić information content (AvgIpc) is 2.44. The van der Waals surface area contributed by atoms with Gasteiger partial charge in [0.1, 0.15) is 0 Å². The van der Waals surface area contributed by atoms with Crippen molar-refractivity contribution in [2.45, 2.75) is 0 Å². The maximum atomic E-state index is 12.4. The molecule has 0 fully saturated rings. The first-order valence-electron chi connectivity index (χ1n) is 5.57. The van der Waals surface area contributed by atoms with Crippen LogP contribution < -0.4 is 10.7 Å².